The van der Waals surface area contributed by atoms with Crippen molar-refractivity contribution in [2.24, 2.45) is 5.73 Å². The summed E-state index contributed by atoms with van der Waals surface area (Å²) in [5.74, 6) is -0.550. The molecule has 0 radical (unpaired) electrons. The van der Waals surface area contributed by atoms with Crippen molar-refractivity contribution in [3.63, 3.8) is 0 Å². The van der Waals surface area contributed by atoms with E-state index in [1.54, 1.807) is 18.3 Å². The summed E-state index contributed by atoms with van der Waals surface area (Å²) in [6.07, 6.45) is 3.09. The molecule has 0 fully saturated rings. The van der Waals surface area contributed by atoms with E-state index in [2.05, 4.69) is 9.72 Å². The Labute approximate surface area is 76.0 Å². The van der Waals surface area contributed by atoms with Gasteiger partial charge in [0.25, 0.3) is 0 Å². The summed E-state index contributed by atoms with van der Waals surface area (Å²) in [5.41, 5.74) is 6.08. The molecule has 1 heterocycles. The Morgan fingerprint density at radius 3 is 2.92 bits per heavy atom. The fourth-order valence-corrected chi connectivity index (χ4v) is 0.797. The van der Waals surface area contributed by atoms with E-state index in [0.29, 0.717) is 5.69 Å². The second-order valence-electron chi connectivity index (χ2n) is 2.35. The predicted molar refractivity (Wildman–Crippen MR) is 48.4 cm³/mol. The third-order valence-electron chi connectivity index (χ3n) is 1.41. The Morgan fingerprint density at radius 2 is 2.38 bits per heavy atom. The molecule has 0 aromatic carbocycles. The Balaban J connectivity index is 2.83. The molecule has 0 unspecified atom stereocenters. The molecule has 0 aliphatic heterocycles. The number of methoxy groups -OCH3 is 1. The number of pyridine rings is 1. The van der Waals surface area contributed by atoms with Crippen LogP contribution in [0.4, 0.5) is 0 Å². The van der Waals surface area contributed by atoms with Gasteiger partial charge in [-0.1, -0.05) is 6.07 Å². The van der Waals surface area contributed by atoms with Gasteiger partial charge >= 0.3 is 5.97 Å². The highest BCUT2D eigenvalue weighted by Gasteiger charge is 2.03. The van der Waals surface area contributed by atoms with E-state index >= 15 is 0 Å². The minimum Gasteiger partial charge on any atom is -0.464 e. The van der Waals surface area contributed by atoms with Gasteiger partial charge in [0.1, 0.15) is 5.70 Å². The third kappa shape index (κ3) is 2.59. The number of carbonyl (C=O) groups excluding carboxylic acids is 1. The lowest BCUT2D eigenvalue weighted by molar-refractivity contribution is -0.136. The van der Waals surface area contributed by atoms with Crippen LogP contribution in [0.15, 0.2) is 30.1 Å². The van der Waals surface area contributed by atoms with Crippen molar-refractivity contribution >= 4 is 12.0 Å². The van der Waals surface area contributed by atoms with Gasteiger partial charge in [-0.15, -0.1) is 0 Å². The molecule has 4 heteroatoms. The number of nitrogens with zero attached hydrogens (tertiary/aromatic N) is 1. The van der Waals surface area contributed by atoms with Gasteiger partial charge in [-0.2, -0.15) is 0 Å². The Hall–Kier alpha value is -1.84. The average molecular weight is 178 g/mol. The minimum absolute atomic E-state index is 0.0428. The lowest BCUT2D eigenvalue weighted by Crippen LogP contribution is -2.12. The molecular formula is C9H10N2O2. The molecule has 0 spiro atoms. The largest absolute Gasteiger partial charge is 0.464 e. The van der Waals surface area contributed by atoms with Crippen LogP contribution in [-0.4, -0.2) is 18.1 Å². The molecule has 0 saturated carbocycles. The maximum atomic E-state index is 10.9. The highest BCUT2D eigenvalue weighted by atomic mass is 16.5. The SMILES string of the molecule is COC(=O)/C(N)=C/c1ccccn1. The summed E-state index contributed by atoms with van der Waals surface area (Å²) in [7, 11) is 1.28. The zero-order chi connectivity index (χ0) is 9.68. The van der Waals surface area contributed by atoms with Crippen LogP contribution < -0.4 is 5.73 Å². The lowest BCUT2D eigenvalue weighted by atomic mass is 10.3. The van der Waals surface area contributed by atoms with Crippen molar-refractivity contribution in [2.75, 3.05) is 7.11 Å². The maximum Gasteiger partial charge on any atom is 0.353 e. The summed E-state index contributed by atoms with van der Waals surface area (Å²) in [4.78, 5) is 14.8. The quantitative estimate of drug-likeness (QED) is 0.530. The van der Waals surface area contributed by atoms with Crippen LogP contribution in [0, 0.1) is 0 Å². The van der Waals surface area contributed by atoms with Gasteiger partial charge in [0.05, 0.1) is 12.8 Å². The fraction of sp³-hybridized carbons (Fsp3) is 0.111. The second-order valence-corrected chi connectivity index (χ2v) is 2.35. The molecule has 0 aliphatic rings. The molecule has 0 aliphatic carbocycles. The summed E-state index contributed by atoms with van der Waals surface area (Å²) >= 11 is 0. The number of nitrogens with two attached hydrogens (primary N) is 1. The third-order valence-corrected chi connectivity index (χ3v) is 1.41. The topological polar surface area (TPSA) is 65.2 Å². The Bertz CT molecular complexity index is 320. The van der Waals surface area contributed by atoms with E-state index in [1.807, 2.05) is 6.07 Å². The monoisotopic (exact) mass is 178 g/mol. The van der Waals surface area contributed by atoms with Crippen molar-refractivity contribution in [1.29, 1.82) is 0 Å². The Morgan fingerprint density at radius 1 is 1.62 bits per heavy atom. The van der Waals surface area contributed by atoms with Crippen molar-refractivity contribution in [2.45, 2.75) is 0 Å². The number of esters is 1. The van der Waals surface area contributed by atoms with E-state index in [0.717, 1.165) is 0 Å². The van der Waals surface area contributed by atoms with Gasteiger partial charge in [-0.25, -0.2) is 4.79 Å². The van der Waals surface area contributed by atoms with Crippen LogP contribution in [0.3, 0.4) is 0 Å². The zero-order valence-corrected chi connectivity index (χ0v) is 7.23. The van der Waals surface area contributed by atoms with Crippen LogP contribution in [0.5, 0.6) is 0 Å². The van der Waals surface area contributed by atoms with Gasteiger partial charge in [0.15, 0.2) is 0 Å². The second kappa shape index (κ2) is 4.25. The first-order valence-corrected chi connectivity index (χ1v) is 3.70. The van der Waals surface area contributed by atoms with Crippen LogP contribution >= 0.6 is 0 Å². The smallest absolute Gasteiger partial charge is 0.353 e. The molecule has 0 bridgehead atoms. The van der Waals surface area contributed by atoms with Gasteiger partial charge in [-0.3, -0.25) is 4.98 Å². The summed E-state index contributed by atoms with van der Waals surface area (Å²) in [6.45, 7) is 0. The van der Waals surface area contributed by atoms with Crippen molar-refractivity contribution in [1.82, 2.24) is 4.98 Å². The molecule has 1 aromatic heterocycles. The maximum absolute atomic E-state index is 10.9. The summed E-state index contributed by atoms with van der Waals surface area (Å²) < 4.78 is 4.42. The number of carbonyl (C=O) groups is 1. The highest BCUT2D eigenvalue weighted by Crippen LogP contribution is 1.99. The molecule has 1 rings (SSSR count). The normalized spacial score (nSPS) is 11.0. The Kier molecular flexibility index (Phi) is 3.03. The molecule has 0 atom stereocenters. The average Bonchev–Trinajstić information content (AvgIpc) is 2.18. The fourth-order valence-electron chi connectivity index (χ4n) is 0.797. The van der Waals surface area contributed by atoms with Gasteiger partial charge in [0, 0.05) is 6.20 Å². The van der Waals surface area contributed by atoms with Gasteiger partial charge in [-0.05, 0) is 18.2 Å². The number of hydrogen-bond acceptors (Lipinski definition) is 4. The number of aromatic nitrogens is 1. The lowest BCUT2D eigenvalue weighted by Gasteiger charge is -1.97. The van der Waals surface area contributed by atoms with Crippen LogP contribution in [0.1, 0.15) is 5.69 Å². The van der Waals surface area contributed by atoms with Crippen LogP contribution in [0.2, 0.25) is 0 Å². The highest BCUT2D eigenvalue weighted by molar-refractivity contribution is 5.92. The van der Waals surface area contributed by atoms with E-state index < -0.39 is 5.97 Å². The van der Waals surface area contributed by atoms with Gasteiger partial charge in [0.2, 0.25) is 0 Å². The number of hydrogen-bond donors (Lipinski definition) is 1. The predicted octanol–water partition coefficient (Wildman–Crippen LogP) is 0.554. The van der Waals surface area contributed by atoms with Gasteiger partial charge < -0.3 is 10.5 Å². The van der Waals surface area contributed by atoms with E-state index in [1.165, 1.54) is 13.2 Å². The summed E-state index contributed by atoms with van der Waals surface area (Å²) in [6, 6.07) is 5.34. The van der Waals surface area contributed by atoms with E-state index in [4.69, 9.17) is 5.73 Å². The summed E-state index contributed by atoms with van der Waals surface area (Å²) in [5, 5.41) is 0. The molecule has 0 amide bonds. The molecule has 1 aromatic rings. The zero-order valence-electron chi connectivity index (χ0n) is 7.23. The first kappa shape index (κ1) is 9.25. The molecule has 68 valence electrons. The van der Waals surface area contributed by atoms with Crippen molar-refractivity contribution in [3.05, 3.63) is 35.8 Å². The molecular weight excluding hydrogens is 168 g/mol. The first-order chi connectivity index (χ1) is 6.24. The first-order valence-electron chi connectivity index (χ1n) is 3.70. The van der Waals surface area contributed by atoms with Crippen LogP contribution in [-0.2, 0) is 9.53 Å². The minimum atomic E-state index is -0.550. The van der Waals surface area contributed by atoms with E-state index in [-0.39, 0.29) is 5.70 Å². The standard InChI is InChI=1S/C9H10N2O2/c1-13-9(12)8(10)6-7-4-2-3-5-11-7/h2-6H,10H2,1H3/b8-6-. The molecule has 4 nitrogen and oxygen atoms in total. The molecule has 0 saturated heterocycles. The molecule has 2 N–H and O–H groups in total. The van der Waals surface area contributed by atoms with Crippen LogP contribution in [0.25, 0.3) is 6.08 Å². The van der Waals surface area contributed by atoms with E-state index in [9.17, 15) is 4.79 Å². The van der Waals surface area contributed by atoms with Crippen molar-refractivity contribution < 1.29 is 9.53 Å². The van der Waals surface area contributed by atoms with Crippen molar-refractivity contribution in [3.8, 4) is 0 Å². The number of ether oxygens (including phenoxy) is 1. The number of rotatable bonds is 2. The molecule has 13 heavy (non-hydrogen) atoms.